The number of amides is 2. The zero-order chi connectivity index (χ0) is 45.7. The van der Waals surface area contributed by atoms with Gasteiger partial charge in [0.2, 0.25) is 29.7 Å². The van der Waals surface area contributed by atoms with Gasteiger partial charge in [-0.25, -0.2) is 9.36 Å². The first-order valence-corrected chi connectivity index (χ1v) is 22.6. The van der Waals surface area contributed by atoms with Crippen LogP contribution in [0.15, 0.2) is 12.4 Å². The van der Waals surface area contributed by atoms with Crippen molar-refractivity contribution in [2.45, 2.75) is 71.4 Å². The number of nitrogens with two attached hydrogens (primary N) is 2. The Kier molecular flexibility index (Phi) is 22.3. The molecule has 2 saturated heterocycles. The summed E-state index contributed by atoms with van der Waals surface area (Å²) in [6.07, 6.45) is 14.0. The standard InChI is InChI=1S/C41H68N18O5.ClH/c1-5-23-62-25-27-64-28-26-63-24-14-46-39-47-40(56-19-15-54(16-20-56)36(60)32(4)58-29-34(50-52-58)11-9-13-45-38(43)44)49-41(48-39)57-21-17-55(18-22-57)37(61)35(31(3)6-2)59-30-33(51-53-59)10-7-8-12-42;/h1,29-32,35H,6-28,42H2,2-4H3,(H4,43,44,45)(H,46,47,48,49);1H/p+1/t31-,32-,35-;/m0./s1. The number of piperazine rings is 2. The number of nitrogens with one attached hydrogen (secondary N) is 2. The van der Waals surface area contributed by atoms with Crippen molar-refractivity contribution in [1.29, 1.82) is 0 Å². The number of carbonyl (C=O) groups is 2. The summed E-state index contributed by atoms with van der Waals surface area (Å²) < 4.78 is 19.9. The molecule has 5 rings (SSSR count). The second kappa shape index (κ2) is 27.8. The van der Waals surface area contributed by atoms with E-state index in [4.69, 9.17) is 47.1 Å². The van der Waals surface area contributed by atoms with Gasteiger partial charge < -0.3 is 57.3 Å². The number of guanidine groups is 1. The van der Waals surface area contributed by atoms with Crippen LogP contribution in [0.3, 0.4) is 0 Å². The minimum atomic E-state index is -0.520. The minimum Gasteiger partial charge on any atom is -1.00 e. The van der Waals surface area contributed by atoms with Crippen molar-refractivity contribution in [3.8, 4) is 12.3 Å². The number of halogens is 1. The van der Waals surface area contributed by atoms with Gasteiger partial charge in [0.1, 0.15) is 18.7 Å². The lowest BCUT2D eigenvalue weighted by atomic mass is 9.97. The molecule has 3 aromatic rings. The lowest BCUT2D eigenvalue weighted by Crippen LogP contribution is -3.00. The zero-order valence-electron chi connectivity index (χ0n) is 38.3. The quantitative estimate of drug-likeness (QED) is 0.0206. The largest absolute Gasteiger partial charge is 1.00 e. The highest BCUT2D eigenvalue weighted by atomic mass is 35.5. The third-order valence-electron chi connectivity index (χ3n) is 11.3. The van der Waals surface area contributed by atoms with E-state index in [1.165, 1.54) is 0 Å². The molecule has 2 aliphatic rings. The average molecular weight is 931 g/mol. The number of unbranched alkanes of at least 4 members (excludes halogenated alkanes) is 1. The summed E-state index contributed by atoms with van der Waals surface area (Å²) >= 11 is 0. The van der Waals surface area contributed by atoms with Crippen LogP contribution in [0.4, 0.5) is 17.8 Å². The molecule has 24 heteroatoms. The highest BCUT2D eigenvalue weighted by Crippen LogP contribution is 2.26. The third-order valence-corrected chi connectivity index (χ3v) is 11.3. The molecule has 9 N–H and O–H groups in total. The maximum Gasteiger partial charge on any atom is 0.338 e. The number of hydrogen-bond donors (Lipinski definition) is 5. The van der Waals surface area contributed by atoms with Gasteiger partial charge in [0.05, 0.1) is 57.5 Å². The van der Waals surface area contributed by atoms with Gasteiger partial charge in [-0.1, -0.05) is 36.6 Å². The van der Waals surface area contributed by atoms with Crippen molar-refractivity contribution in [3.05, 3.63) is 23.8 Å². The van der Waals surface area contributed by atoms with E-state index >= 15 is 0 Å². The molecule has 0 bridgehead atoms. The molecule has 0 aliphatic carbocycles. The number of carbonyl (C=O) groups excluding carboxylic acids is 2. The summed E-state index contributed by atoms with van der Waals surface area (Å²) in [5.74, 6) is 4.10. The van der Waals surface area contributed by atoms with E-state index in [-0.39, 0.29) is 42.7 Å². The molecule has 360 valence electrons. The number of hydrogen-bond acceptors (Lipinski definition) is 15. The smallest absolute Gasteiger partial charge is 0.338 e. The van der Waals surface area contributed by atoms with Gasteiger partial charge in [-0.3, -0.25) is 26.0 Å². The topological polar surface area (TPSA) is 281 Å². The number of anilines is 3. The predicted molar refractivity (Wildman–Crippen MR) is 239 cm³/mol. The molecule has 3 aromatic heterocycles. The fraction of sp³-hybridized carbons (Fsp3) is 0.707. The fourth-order valence-corrected chi connectivity index (χ4v) is 7.35. The Bertz CT molecular complexity index is 1940. The molecule has 5 heterocycles. The molecule has 2 aliphatic heterocycles. The van der Waals surface area contributed by atoms with Crippen LogP contribution >= 0.6 is 0 Å². The number of rotatable bonds is 27. The number of terminal acetylenes is 1. The molecule has 0 unspecified atom stereocenters. The van der Waals surface area contributed by atoms with Crippen LogP contribution in [0, 0.1) is 18.3 Å². The van der Waals surface area contributed by atoms with E-state index in [9.17, 15) is 9.59 Å². The number of aryl methyl sites for hydroxylation is 2. The Labute approximate surface area is 388 Å². The van der Waals surface area contributed by atoms with Crippen molar-refractivity contribution in [2.75, 3.05) is 127 Å². The molecule has 0 saturated carbocycles. The lowest BCUT2D eigenvalue weighted by Gasteiger charge is -2.38. The lowest BCUT2D eigenvalue weighted by molar-refractivity contribution is -0.459. The molecule has 3 atom stereocenters. The highest BCUT2D eigenvalue weighted by molar-refractivity contribution is 5.81. The van der Waals surface area contributed by atoms with E-state index < -0.39 is 12.1 Å². The number of quaternary nitrogens is 1. The summed E-state index contributed by atoms with van der Waals surface area (Å²) in [7, 11) is 0. The van der Waals surface area contributed by atoms with Gasteiger partial charge in [0.15, 0.2) is 0 Å². The molecule has 23 nitrogen and oxygen atoms in total. The average Bonchev–Trinajstić information content (AvgIpc) is 3.99. The van der Waals surface area contributed by atoms with Gasteiger partial charge >= 0.3 is 5.96 Å². The Morgan fingerprint density at radius 3 is 1.94 bits per heavy atom. The SMILES string of the molecule is C#CCOCCOCCOCCNc1nc(N2CCN(C(=O)[C@H]([C@@H](C)CC)n3cc(CCCC[NH3+])nn3)CC2)nc(N2CCN(C(=O)[C@H](C)n3cc(CCC[NH+]=C(N)N)nn3)CC2)n1.[Cl-]. The summed E-state index contributed by atoms with van der Waals surface area (Å²) in [4.78, 5) is 53.2. The second-order valence-corrected chi connectivity index (χ2v) is 16.0. The van der Waals surface area contributed by atoms with Crippen LogP contribution in [-0.4, -0.2) is 184 Å². The Morgan fingerprint density at radius 1 is 0.800 bits per heavy atom. The van der Waals surface area contributed by atoms with E-state index in [2.05, 4.69) is 66.2 Å². The summed E-state index contributed by atoms with van der Waals surface area (Å²) in [5, 5.41) is 20.6. The molecule has 2 fully saturated rings. The maximum absolute atomic E-state index is 14.2. The first kappa shape index (κ1) is 52.2. The van der Waals surface area contributed by atoms with E-state index in [0.29, 0.717) is 123 Å². The van der Waals surface area contributed by atoms with Crippen LogP contribution in [-0.2, 0) is 36.6 Å². The number of nitrogens with zero attached hydrogens (tertiary/aromatic N) is 13. The van der Waals surface area contributed by atoms with Crippen LogP contribution in [0.5, 0.6) is 0 Å². The first-order valence-electron chi connectivity index (χ1n) is 22.6. The highest BCUT2D eigenvalue weighted by Gasteiger charge is 2.34. The Balaban J connectivity index is 0.00000925. The molecule has 0 spiro atoms. The Morgan fingerprint density at radius 2 is 1.35 bits per heavy atom. The van der Waals surface area contributed by atoms with Crippen molar-refractivity contribution < 1.29 is 46.9 Å². The molecule has 65 heavy (non-hydrogen) atoms. The molecular formula is C41H70ClN18O5+. The molecular weight excluding hydrogens is 860 g/mol. The van der Waals surface area contributed by atoms with Crippen molar-refractivity contribution >= 4 is 35.6 Å². The van der Waals surface area contributed by atoms with Crippen LogP contribution in [0.25, 0.3) is 0 Å². The van der Waals surface area contributed by atoms with Crippen LogP contribution in [0.1, 0.15) is 69.9 Å². The van der Waals surface area contributed by atoms with Gasteiger partial charge in [-0.05, 0) is 44.9 Å². The molecule has 0 radical (unpaired) electrons. The van der Waals surface area contributed by atoms with Gasteiger partial charge in [0.25, 0.3) is 0 Å². The molecule has 0 aromatic carbocycles. The van der Waals surface area contributed by atoms with Gasteiger partial charge in [0, 0.05) is 71.3 Å². The number of aromatic nitrogens is 9. The van der Waals surface area contributed by atoms with E-state index in [1.807, 2.05) is 29.1 Å². The van der Waals surface area contributed by atoms with Crippen molar-refractivity contribution in [3.63, 3.8) is 0 Å². The first-order chi connectivity index (χ1) is 31.1. The van der Waals surface area contributed by atoms with Crippen LogP contribution < -0.4 is 49.7 Å². The fourth-order valence-electron chi connectivity index (χ4n) is 7.35. The maximum atomic E-state index is 14.2. The second-order valence-electron chi connectivity index (χ2n) is 16.0. The van der Waals surface area contributed by atoms with Crippen molar-refractivity contribution in [2.24, 2.45) is 17.4 Å². The monoisotopic (exact) mass is 930 g/mol. The summed E-state index contributed by atoms with van der Waals surface area (Å²) in [6, 6.07) is -0.962. The normalized spacial score (nSPS) is 15.5. The minimum absolute atomic E-state index is 0. The third kappa shape index (κ3) is 16.2. The Hall–Kier alpha value is -5.41. The van der Waals surface area contributed by atoms with E-state index in [1.54, 1.807) is 9.36 Å². The predicted octanol–water partition coefficient (Wildman–Crippen LogP) is -6.15. The summed E-state index contributed by atoms with van der Waals surface area (Å²) in [5.41, 5.74) is 16.6. The van der Waals surface area contributed by atoms with Gasteiger partial charge in [-0.15, -0.1) is 16.6 Å². The zero-order valence-corrected chi connectivity index (χ0v) is 39.1. The van der Waals surface area contributed by atoms with Gasteiger partial charge in [-0.2, -0.15) is 15.0 Å². The number of ether oxygens (including phenoxy) is 3. The van der Waals surface area contributed by atoms with Crippen LogP contribution in [0.2, 0.25) is 0 Å². The molecule has 2 amide bonds. The van der Waals surface area contributed by atoms with E-state index in [0.717, 1.165) is 50.0 Å². The van der Waals surface area contributed by atoms with Crippen molar-refractivity contribution in [1.82, 2.24) is 54.7 Å². The summed E-state index contributed by atoms with van der Waals surface area (Å²) in [6.45, 7) is 14.4.